The number of rotatable bonds is 10. The molecule has 0 saturated heterocycles. The predicted octanol–water partition coefficient (Wildman–Crippen LogP) is 3.87. The average molecular weight is 480 g/mol. The van der Waals surface area contributed by atoms with Gasteiger partial charge in [-0.25, -0.2) is 9.97 Å². The summed E-state index contributed by atoms with van der Waals surface area (Å²) in [4.78, 5) is 24.5. The third kappa shape index (κ3) is 6.04. The van der Waals surface area contributed by atoms with Crippen molar-refractivity contribution in [2.24, 2.45) is 0 Å². The van der Waals surface area contributed by atoms with Crippen LogP contribution in [0.4, 0.5) is 11.5 Å². The summed E-state index contributed by atoms with van der Waals surface area (Å²) in [6.07, 6.45) is 1.96. The predicted molar refractivity (Wildman–Crippen MR) is 133 cm³/mol. The molecule has 0 saturated carbocycles. The number of thiazole rings is 1. The summed E-state index contributed by atoms with van der Waals surface area (Å²) in [5.41, 5.74) is 1.98. The summed E-state index contributed by atoms with van der Waals surface area (Å²) < 4.78 is 11.7. The van der Waals surface area contributed by atoms with Crippen molar-refractivity contribution in [2.75, 3.05) is 37.5 Å². The minimum Gasteiger partial charge on any atom is -0.494 e. The molecule has 0 spiro atoms. The van der Waals surface area contributed by atoms with Crippen molar-refractivity contribution in [1.82, 2.24) is 15.0 Å². The maximum atomic E-state index is 11.3. The maximum Gasteiger partial charge on any atom is 0.307 e. The summed E-state index contributed by atoms with van der Waals surface area (Å²) in [6, 6.07) is 17.0. The summed E-state index contributed by atoms with van der Waals surface area (Å²) in [5.74, 6) is 2.55. The van der Waals surface area contributed by atoms with E-state index in [2.05, 4.69) is 20.3 Å². The van der Waals surface area contributed by atoms with Gasteiger partial charge in [-0.05, 0) is 42.0 Å². The molecule has 3 N–H and O–H groups in total. The molecule has 0 radical (unpaired) electrons. The van der Waals surface area contributed by atoms with E-state index in [9.17, 15) is 9.90 Å². The van der Waals surface area contributed by atoms with Gasteiger partial charge in [0.1, 0.15) is 30.3 Å². The Bertz CT molecular complexity index is 1270. The molecule has 0 atom stereocenters. The Hall–Kier alpha value is -4.05. The van der Waals surface area contributed by atoms with E-state index >= 15 is 0 Å². The number of benzene rings is 2. The number of aromatic hydroxyl groups is 1. The SMILES string of the molecule is CNc1ccc(Oc2cc(N(C)CCOc3ccc(Cc4sc(=O)[nH]c4O)cc3)ncn2)cc1. The Kier molecular flexibility index (Phi) is 7.28. The van der Waals surface area contributed by atoms with Gasteiger partial charge in [-0.15, -0.1) is 0 Å². The van der Waals surface area contributed by atoms with Crippen LogP contribution in [0.25, 0.3) is 0 Å². The number of H-pyrrole nitrogens is 1. The molecule has 9 nitrogen and oxygen atoms in total. The lowest BCUT2D eigenvalue weighted by Crippen LogP contribution is -2.24. The Morgan fingerprint density at radius 1 is 1.09 bits per heavy atom. The number of ether oxygens (including phenoxy) is 2. The third-order valence-corrected chi connectivity index (χ3v) is 5.94. The molecule has 4 aromatic rings. The van der Waals surface area contributed by atoms with Crippen LogP contribution < -0.4 is 24.6 Å². The monoisotopic (exact) mass is 479 g/mol. The summed E-state index contributed by atoms with van der Waals surface area (Å²) in [6.45, 7) is 1.07. The Balaban J connectivity index is 1.28. The van der Waals surface area contributed by atoms with Gasteiger partial charge >= 0.3 is 4.87 Å². The van der Waals surface area contributed by atoms with Gasteiger partial charge in [0.15, 0.2) is 0 Å². The van der Waals surface area contributed by atoms with E-state index < -0.39 is 0 Å². The average Bonchev–Trinajstić information content (AvgIpc) is 3.17. The van der Waals surface area contributed by atoms with Crippen molar-refractivity contribution in [3.63, 3.8) is 0 Å². The van der Waals surface area contributed by atoms with Crippen molar-refractivity contribution < 1.29 is 14.6 Å². The second-order valence-electron chi connectivity index (χ2n) is 7.47. The number of nitrogens with zero attached hydrogens (tertiary/aromatic N) is 3. The van der Waals surface area contributed by atoms with Crippen molar-refractivity contribution in [1.29, 1.82) is 0 Å². The molecular formula is C24H25N5O4S. The van der Waals surface area contributed by atoms with Gasteiger partial charge in [0.25, 0.3) is 0 Å². The highest BCUT2D eigenvalue weighted by atomic mass is 32.1. The number of anilines is 2. The van der Waals surface area contributed by atoms with Crippen molar-refractivity contribution in [3.05, 3.63) is 81.0 Å². The molecule has 0 bridgehead atoms. The third-order valence-electron chi connectivity index (χ3n) is 5.07. The van der Waals surface area contributed by atoms with Gasteiger partial charge in [0.2, 0.25) is 11.8 Å². The van der Waals surface area contributed by atoms with Gasteiger partial charge in [0, 0.05) is 32.3 Å². The van der Waals surface area contributed by atoms with Gasteiger partial charge in [-0.2, -0.15) is 0 Å². The van der Waals surface area contributed by atoms with Gasteiger partial charge in [-0.1, -0.05) is 23.5 Å². The molecule has 0 aliphatic heterocycles. The Labute approximate surface area is 200 Å². The Morgan fingerprint density at radius 3 is 2.50 bits per heavy atom. The summed E-state index contributed by atoms with van der Waals surface area (Å²) in [5, 5.41) is 12.8. The minimum absolute atomic E-state index is 0.0664. The van der Waals surface area contributed by atoms with Crippen LogP contribution in [0.5, 0.6) is 23.3 Å². The van der Waals surface area contributed by atoms with Crippen molar-refractivity contribution in [3.8, 4) is 23.3 Å². The lowest BCUT2D eigenvalue weighted by Gasteiger charge is -2.18. The smallest absolute Gasteiger partial charge is 0.307 e. The second-order valence-corrected chi connectivity index (χ2v) is 8.54. The number of hydrogen-bond donors (Lipinski definition) is 3. The molecule has 2 aromatic carbocycles. The lowest BCUT2D eigenvalue weighted by atomic mass is 10.1. The number of aromatic amines is 1. The molecule has 0 unspecified atom stereocenters. The zero-order valence-electron chi connectivity index (χ0n) is 18.8. The van der Waals surface area contributed by atoms with Crippen molar-refractivity contribution >= 4 is 22.8 Å². The zero-order valence-corrected chi connectivity index (χ0v) is 19.6. The highest BCUT2D eigenvalue weighted by Crippen LogP contribution is 2.24. The van der Waals surface area contributed by atoms with Crippen LogP contribution in [-0.2, 0) is 6.42 Å². The van der Waals surface area contributed by atoms with Crippen LogP contribution in [-0.4, -0.2) is 47.3 Å². The molecule has 0 aliphatic carbocycles. The maximum absolute atomic E-state index is 11.3. The molecule has 34 heavy (non-hydrogen) atoms. The standard InChI is InChI=1S/C24H25N5O4S/c1-25-17-5-9-19(10-6-17)33-22-14-21(26-15-27-22)29(2)11-12-32-18-7-3-16(4-8-18)13-20-23(30)28-24(31)34-20/h3-10,14-15,25,30H,11-13H2,1-2H3,(H,28,31). The first-order valence-electron chi connectivity index (χ1n) is 10.6. The van der Waals surface area contributed by atoms with Crippen LogP contribution in [0.15, 0.2) is 65.7 Å². The topological polar surface area (TPSA) is 113 Å². The normalized spacial score (nSPS) is 10.6. The van der Waals surface area contributed by atoms with E-state index in [1.165, 1.54) is 6.33 Å². The molecule has 2 aromatic heterocycles. The largest absolute Gasteiger partial charge is 0.494 e. The lowest BCUT2D eigenvalue weighted by molar-refractivity contribution is 0.325. The van der Waals surface area contributed by atoms with Gasteiger partial charge in [0.05, 0.1) is 11.4 Å². The van der Waals surface area contributed by atoms with Gasteiger partial charge in [-0.3, -0.25) is 9.78 Å². The molecule has 0 fully saturated rings. The molecule has 2 heterocycles. The van der Waals surface area contributed by atoms with Crippen LogP contribution in [0, 0.1) is 0 Å². The first-order valence-corrected chi connectivity index (χ1v) is 11.4. The van der Waals surface area contributed by atoms with Gasteiger partial charge < -0.3 is 24.8 Å². The quantitative estimate of drug-likeness (QED) is 0.314. The number of nitrogens with one attached hydrogen (secondary N) is 2. The first kappa shape index (κ1) is 23.1. The zero-order chi connectivity index (χ0) is 23.9. The van der Waals surface area contributed by atoms with Crippen LogP contribution in [0.2, 0.25) is 0 Å². The molecular weight excluding hydrogens is 454 g/mol. The molecule has 0 aliphatic rings. The van der Waals surface area contributed by atoms with E-state index in [0.717, 1.165) is 34.2 Å². The first-order chi connectivity index (χ1) is 16.5. The van der Waals surface area contributed by atoms with Crippen molar-refractivity contribution in [2.45, 2.75) is 6.42 Å². The summed E-state index contributed by atoms with van der Waals surface area (Å²) >= 11 is 1.01. The van der Waals surface area contributed by atoms with Crippen LogP contribution in [0.1, 0.15) is 10.4 Å². The van der Waals surface area contributed by atoms with E-state index in [1.807, 2.05) is 67.5 Å². The fourth-order valence-electron chi connectivity index (χ4n) is 3.18. The number of likely N-dealkylation sites (N-methyl/N-ethyl adjacent to an activating group) is 1. The molecule has 4 rings (SSSR count). The highest BCUT2D eigenvalue weighted by Gasteiger charge is 2.09. The van der Waals surface area contributed by atoms with E-state index in [-0.39, 0.29) is 10.8 Å². The molecule has 0 amide bonds. The number of hydrogen-bond acceptors (Lipinski definition) is 9. The molecule has 10 heteroatoms. The van der Waals surface area contributed by atoms with E-state index in [4.69, 9.17) is 9.47 Å². The fourth-order valence-corrected chi connectivity index (χ4v) is 3.94. The highest BCUT2D eigenvalue weighted by molar-refractivity contribution is 7.09. The second kappa shape index (κ2) is 10.7. The van der Waals surface area contributed by atoms with E-state index in [0.29, 0.717) is 36.1 Å². The van der Waals surface area contributed by atoms with Crippen LogP contribution >= 0.6 is 11.3 Å². The van der Waals surface area contributed by atoms with E-state index in [1.54, 1.807) is 6.07 Å². The van der Waals surface area contributed by atoms with Crippen LogP contribution in [0.3, 0.4) is 0 Å². The summed E-state index contributed by atoms with van der Waals surface area (Å²) in [7, 11) is 3.79. The number of aromatic nitrogens is 3. The molecule has 176 valence electrons. The Morgan fingerprint density at radius 2 is 1.82 bits per heavy atom. The minimum atomic E-state index is -0.262. The fraction of sp³-hybridized carbons (Fsp3) is 0.208.